The third kappa shape index (κ3) is 3.56. The summed E-state index contributed by atoms with van der Waals surface area (Å²) in [5.74, 6) is 0.753. The lowest BCUT2D eigenvalue weighted by Crippen LogP contribution is -2.47. The van der Waals surface area contributed by atoms with E-state index in [1.54, 1.807) is 0 Å². The van der Waals surface area contributed by atoms with Crippen LogP contribution in [0.3, 0.4) is 0 Å². The molecule has 1 aliphatic rings. The van der Waals surface area contributed by atoms with Crippen molar-refractivity contribution in [2.75, 3.05) is 19.6 Å². The van der Waals surface area contributed by atoms with E-state index >= 15 is 0 Å². The van der Waals surface area contributed by atoms with Crippen molar-refractivity contribution in [2.45, 2.75) is 39.8 Å². The Morgan fingerprint density at radius 2 is 2.22 bits per heavy atom. The fraction of sp³-hybridized carbons (Fsp3) is 0.625. The summed E-state index contributed by atoms with van der Waals surface area (Å²) in [6.45, 7) is 11.4. The molecule has 0 amide bonds. The van der Waals surface area contributed by atoms with Gasteiger partial charge in [-0.2, -0.15) is 0 Å². The first-order chi connectivity index (χ1) is 8.69. The highest BCUT2D eigenvalue weighted by Crippen LogP contribution is 2.19. The quantitative estimate of drug-likeness (QED) is 0.879. The van der Waals surface area contributed by atoms with E-state index in [2.05, 4.69) is 55.3 Å². The molecule has 2 rings (SSSR count). The molecule has 1 fully saturated rings. The van der Waals surface area contributed by atoms with Gasteiger partial charge in [-0.1, -0.05) is 43.7 Å². The first-order valence-electron chi connectivity index (χ1n) is 7.20. The van der Waals surface area contributed by atoms with Crippen molar-refractivity contribution in [3.8, 4) is 0 Å². The lowest BCUT2D eigenvalue weighted by atomic mass is 9.93. The summed E-state index contributed by atoms with van der Waals surface area (Å²) in [5.41, 5.74) is 2.81. The van der Waals surface area contributed by atoms with Gasteiger partial charge in [-0.15, -0.1) is 0 Å². The maximum atomic E-state index is 3.60. The molecule has 0 bridgehead atoms. The summed E-state index contributed by atoms with van der Waals surface area (Å²) in [4.78, 5) is 2.59. The largest absolute Gasteiger partial charge is 0.314 e. The predicted octanol–water partition coefficient (Wildman–Crippen LogP) is 2.81. The predicted molar refractivity (Wildman–Crippen MR) is 77.7 cm³/mol. The summed E-state index contributed by atoms with van der Waals surface area (Å²) in [6.07, 6.45) is 1.28. The topological polar surface area (TPSA) is 15.3 Å². The summed E-state index contributed by atoms with van der Waals surface area (Å²) < 4.78 is 0. The fourth-order valence-corrected chi connectivity index (χ4v) is 3.01. The van der Waals surface area contributed by atoms with Crippen LogP contribution < -0.4 is 5.32 Å². The Kier molecular flexibility index (Phi) is 4.79. The maximum absolute atomic E-state index is 3.60. The standard InChI is InChI=1S/C16H26N2/c1-4-17-16-8-9-18(11-14(16)3)12-15-7-5-6-13(2)10-15/h5-7,10,14,16-17H,4,8-9,11-12H2,1-3H3. The minimum atomic E-state index is 0.712. The van der Waals surface area contributed by atoms with Crippen LogP contribution in [0.25, 0.3) is 0 Å². The molecule has 100 valence electrons. The maximum Gasteiger partial charge on any atom is 0.0233 e. The second-order valence-electron chi connectivity index (χ2n) is 5.65. The first-order valence-corrected chi connectivity index (χ1v) is 7.20. The number of aryl methyl sites for hydroxylation is 1. The lowest BCUT2D eigenvalue weighted by molar-refractivity contribution is 0.142. The fourth-order valence-electron chi connectivity index (χ4n) is 3.01. The van der Waals surface area contributed by atoms with Gasteiger partial charge in [0.1, 0.15) is 0 Å². The smallest absolute Gasteiger partial charge is 0.0233 e. The molecule has 1 aromatic rings. The van der Waals surface area contributed by atoms with Crippen LogP contribution in [0.4, 0.5) is 0 Å². The molecule has 0 saturated carbocycles. The van der Waals surface area contributed by atoms with Crippen molar-refractivity contribution in [1.29, 1.82) is 0 Å². The zero-order chi connectivity index (χ0) is 13.0. The third-order valence-corrected chi connectivity index (χ3v) is 3.94. The van der Waals surface area contributed by atoms with Gasteiger partial charge in [0.2, 0.25) is 0 Å². The molecule has 1 saturated heterocycles. The van der Waals surface area contributed by atoms with Crippen LogP contribution in [-0.4, -0.2) is 30.6 Å². The Balaban J connectivity index is 1.89. The SMILES string of the molecule is CCNC1CCN(Cc2cccc(C)c2)CC1C. The Labute approximate surface area is 111 Å². The van der Waals surface area contributed by atoms with E-state index in [0.717, 1.165) is 19.0 Å². The van der Waals surface area contributed by atoms with Gasteiger partial charge in [-0.25, -0.2) is 0 Å². The van der Waals surface area contributed by atoms with Crippen LogP contribution in [0.15, 0.2) is 24.3 Å². The Morgan fingerprint density at radius 1 is 1.39 bits per heavy atom. The Hall–Kier alpha value is -0.860. The van der Waals surface area contributed by atoms with Crippen molar-refractivity contribution < 1.29 is 0 Å². The van der Waals surface area contributed by atoms with E-state index in [1.165, 1.54) is 30.6 Å². The van der Waals surface area contributed by atoms with Crippen molar-refractivity contribution in [3.05, 3.63) is 35.4 Å². The molecule has 1 aromatic carbocycles. The van der Waals surface area contributed by atoms with Gasteiger partial charge in [0.25, 0.3) is 0 Å². The molecule has 18 heavy (non-hydrogen) atoms. The van der Waals surface area contributed by atoms with E-state index in [0.29, 0.717) is 6.04 Å². The Morgan fingerprint density at radius 3 is 2.89 bits per heavy atom. The van der Waals surface area contributed by atoms with Crippen molar-refractivity contribution in [1.82, 2.24) is 10.2 Å². The minimum Gasteiger partial charge on any atom is -0.314 e. The molecule has 1 heterocycles. The zero-order valence-electron chi connectivity index (χ0n) is 11.9. The number of benzene rings is 1. The number of likely N-dealkylation sites (tertiary alicyclic amines) is 1. The van der Waals surface area contributed by atoms with Gasteiger partial charge >= 0.3 is 0 Å². The molecule has 0 spiro atoms. The molecule has 0 aliphatic carbocycles. The van der Waals surface area contributed by atoms with E-state index < -0.39 is 0 Å². The second kappa shape index (κ2) is 6.35. The van der Waals surface area contributed by atoms with E-state index in [9.17, 15) is 0 Å². The molecule has 0 radical (unpaired) electrons. The lowest BCUT2D eigenvalue weighted by Gasteiger charge is -2.37. The zero-order valence-corrected chi connectivity index (χ0v) is 11.9. The molecular weight excluding hydrogens is 220 g/mol. The molecular formula is C16H26N2. The monoisotopic (exact) mass is 246 g/mol. The van der Waals surface area contributed by atoms with Crippen LogP contribution in [0, 0.1) is 12.8 Å². The minimum absolute atomic E-state index is 0.712. The number of hydrogen-bond donors (Lipinski definition) is 1. The van der Waals surface area contributed by atoms with E-state index in [1.807, 2.05) is 0 Å². The molecule has 2 heteroatoms. The highest BCUT2D eigenvalue weighted by molar-refractivity contribution is 5.22. The molecule has 2 unspecified atom stereocenters. The molecule has 2 atom stereocenters. The van der Waals surface area contributed by atoms with Gasteiger partial charge in [0.05, 0.1) is 0 Å². The van der Waals surface area contributed by atoms with Crippen LogP contribution in [0.1, 0.15) is 31.4 Å². The van der Waals surface area contributed by atoms with Crippen LogP contribution in [0.2, 0.25) is 0 Å². The van der Waals surface area contributed by atoms with Gasteiger partial charge in [0.15, 0.2) is 0 Å². The highest BCUT2D eigenvalue weighted by atomic mass is 15.1. The van der Waals surface area contributed by atoms with E-state index in [-0.39, 0.29) is 0 Å². The summed E-state index contributed by atoms with van der Waals surface area (Å²) >= 11 is 0. The normalized spacial score (nSPS) is 25.3. The number of rotatable bonds is 4. The average Bonchev–Trinajstić information content (AvgIpc) is 2.33. The van der Waals surface area contributed by atoms with Crippen LogP contribution >= 0.6 is 0 Å². The number of nitrogens with zero attached hydrogens (tertiary/aromatic N) is 1. The summed E-state index contributed by atoms with van der Waals surface area (Å²) in [5, 5.41) is 3.60. The Bertz CT molecular complexity index is 375. The summed E-state index contributed by atoms with van der Waals surface area (Å²) in [6, 6.07) is 9.60. The van der Waals surface area contributed by atoms with Crippen molar-refractivity contribution in [2.24, 2.45) is 5.92 Å². The third-order valence-electron chi connectivity index (χ3n) is 3.94. The molecule has 1 N–H and O–H groups in total. The molecule has 0 aromatic heterocycles. The first kappa shape index (κ1) is 13.6. The van der Waals surface area contributed by atoms with E-state index in [4.69, 9.17) is 0 Å². The average molecular weight is 246 g/mol. The highest BCUT2D eigenvalue weighted by Gasteiger charge is 2.24. The number of piperidine rings is 1. The molecule has 1 aliphatic heterocycles. The van der Waals surface area contributed by atoms with Crippen LogP contribution in [0.5, 0.6) is 0 Å². The van der Waals surface area contributed by atoms with Crippen LogP contribution in [-0.2, 0) is 6.54 Å². The van der Waals surface area contributed by atoms with Gasteiger partial charge in [-0.05, 0) is 37.9 Å². The van der Waals surface area contributed by atoms with Crippen molar-refractivity contribution in [3.63, 3.8) is 0 Å². The second-order valence-corrected chi connectivity index (χ2v) is 5.65. The van der Waals surface area contributed by atoms with Crippen molar-refractivity contribution >= 4 is 0 Å². The number of nitrogens with one attached hydrogen (secondary N) is 1. The summed E-state index contributed by atoms with van der Waals surface area (Å²) in [7, 11) is 0. The molecule has 2 nitrogen and oxygen atoms in total. The van der Waals surface area contributed by atoms with Gasteiger partial charge in [-0.3, -0.25) is 4.90 Å². The number of hydrogen-bond acceptors (Lipinski definition) is 2. The van der Waals surface area contributed by atoms with Gasteiger partial charge < -0.3 is 5.32 Å². The van der Waals surface area contributed by atoms with Gasteiger partial charge in [0, 0.05) is 19.1 Å².